The molecule has 0 amide bonds. The van der Waals surface area contributed by atoms with Gasteiger partial charge in [-0.25, -0.2) is 4.79 Å². The van der Waals surface area contributed by atoms with Gasteiger partial charge < -0.3 is 10.8 Å². The highest BCUT2D eigenvalue weighted by Crippen LogP contribution is 2.27. The summed E-state index contributed by atoms with van der Waals surface area (Å²) in [5, 5.41) is 9.47. The number of aromatic hydroxyl groups is 1. The monoisotopic (exact) mass is 274 g/mol. The van der Waals surface area contributed by atoms with E-state index in [2.05, 4.69) is 0 Å². The quantitative estimate of drug-likeness (QED) is 0.466. The zero-order valence-corrected chi connectivity index (χ0v) is 10.3. The molecule has 0 unspecified atom stereocenters. The van der Waals surface area contributed by atoms with Crippen LogP contribution in [0.1, 0.15) is 11.1 Å². The van der Waals surface area contributed by atoms with Crippen LogP contribution in [0.15, 0.2) is 4.79 Å². The molecule has 0 aromatic carbocycles. The van der Waals surface area contributed by atoms with E-state index in [1.807, 2.05) is 0 Å². The summed E-state index contributed by atoms with van der Waals surface area (Å²) in [6.07, 6.45) is 0. The van der Waals surface area contributed by atoms with Crippen LogP contribution in [0, 0.1) is 6.92 Å². The van der Waals surface area contributed by atoms with Crippen LogP contribution < -0.4 is 11.3 Å². The maximum Gasteiger partial charge on any atom is 0.306 e. The van der Waals surface area contributed by atoms with E-state index in [4.69, 9.17) is 10.3 Å². The topological polar surface area (TPSA) is 140 Å². The van der Waals surface area contributed by atoms with Gasteiger partial charge in [0, 0.05) is 7.05 Å². The highest BCUT2D eigenvalue weighted by atomic mass is 32.2. The standard InChI is InChI=1S/C9H10N2O6S/c1-4-6(5(3-12)18(15,16)17)8(13)11(2)9(14)7(4)10/h14H,10H2,1-2H3,(H,15,16,17). The number of nitrogens with two attached hydrogens (primary N) is 1. The van der Waals surface area contributed by atoms with Crippen molar-refractivity contribution in [1.29, 1.82) is 0 Å². The van der Waals surface area contributed by atoms with Crippen molar-refractivity contribution in [2.75, 3.05) is 5.73 Å². The average Bonchev–Trinajstić information content (AvgIpc) is 2.27. The fraction of sp³-hybridized carbons (Fsp3) is 0.222. The van der Waals surface area contributed by atoms with Gasteiger partial charge in [0.1, 0.15) is 5.94 Å². The van der Waals surface area contributed by atoms with Crippen LogP contribution >= 0.6 is 0 Å². The highest BCUT2D eigenvalue weighted by molar-refractivity contribution is 7.95. The number of rotatable bonds is 2. The number of hydrogen-bond acceptors (Lipinski definition) is 6. The number of anilines is 1. The zero-order valence-electron chi connectivity index (χ0n) is 9.46. The van der Waals surface area contributed by atoms with Crippen LogP contribution in [0.4, 0.5) is 5.69 Å². The van der Waals surface area contributed by atoms with E-state index >= 15 is 0 Å². The third kappa shape index (κ3) is 2.02. The molecule has 0 fully saturated rings. The van der Waals surface area contributed by atoms with E-state index in [0.29, 0.717) is 4.57 Å². The minimum Gasteiger partial charge on any atom is -0.493 e. The number of nitrogens with zero attached hydrogens (tertiary/aromatic N) is 1. The van der Waals surface area contributed by atoms with Gasteiger partial charge in [0.15, 0.2) is 4.91 Å². The smallest absolute Gasteiger partial charge is 0.306 e. The van der Waals surface area contributed by atoms with Crippen molar-refractivity contribution >= 4 is 26.7 Å². The highest BCUT2D eigenvalue weighted by Gasteiger charge is 2.26. The number of aromatic nitrogens is 1. The maximum absolute atomic E-state index is 11.8. The minimum atomic E-state index is -4.92. The molecule has 0 aliphatic rings. The van der Waals surface area contributed by atoms with E-state index in [9.17, 15) is 23.1 Å². The molecule has 0 bridgehead atoms. The minimum absolute atomic E-state index is 0.133. The molecule has 0 spiro atoms. The van der Waals surface area contributed by atoms with Gasteiger partial charge in [0.05, 0.1) is 11.3 Å². The Morgan fingerprint density at radius 1 is 1.44 bits per heavy atom. The molecule has 4 N–H and O–H groups in total. The molecule has 1 rings (SSSR count). The molecular formula is C9H10N2O6S. The first-order valence-corrected chi connectivity index (χ1v) is 5.98. The summed E-state index contributed by atoms with van der Waals surface area (Å²) in [7, 11) is -3.79. The van der Waals surface area contributed by atoms with E-state index in [-0.39, 0.29) is 11.3 Å². The number of pyridine rings is 1. The van der Waals surface area contributed by atoms with Gasteiger partial charge in [-0.2, -0.15) is 8.42 Å². The first-order valence-electron chi connectivity index (χ1n) is 4.53. The molecule has 0 radical (unpaired) electrons. The number of hydrogen-bond donors (Lipinski definition) is 3. The Morgan fingerprint density at radius 2 is 1.94 bits per heavy atom. The Morgan fingerprint density at radius 3 is 2.33 bits per heavy atom. The lowest BCUT2D eigenvalue weighted by Gasteiger charge is -2.12. The van der Waals surface area contributed by atoms with Gasteiger partial charge in [-0.1, -0.05) is 0 Å². The molecule has 8 nitrogen and oxygen atoms in total. The van der Waals surface area contributed by atoms with E-state index in [1.54, 1.807) is 0 Å². The number of carbonyl (C=O) groups excluding carboxylic acids is 1. The Kier molecular flexibility index (Phi) is 3.34. The zero-order chi connectivity index (χ0) is 14.2. The second-order valence-electron chi connectivity index (χ2n) is 3.51. The van der Waals surface area contributed by atoms with Crippen LogP contribution in [0.5, 0.6) is 5.88 Å². The maximum atomic E-state index is 11.8. The van der Waals surface area contributed by atoms with E-state index < -0.39 is 32.0 Å². The molecule has 0 atom stereocenters. The second-order valence-corrected chi connectivity index (χ2v) is 4.87. The largest absolute Gasteiger partial charge is 0.493 e. The lowest BCUT2D eigenvalue weighted by molar-refractivity contribution is 0.425. The van der Waals surface area contributed by atoms with Crippen LogP contribution in [0.3, 0.4) is 0 Å². The molecule has 1 aromatic heterocycles. The summed E-state index contributed by atoms with van der Waals surface area (Å²) < 4.78 is 31.5. The van der Waals surface area contributed by atoms with Gasteiger partial charge in [0.2, 0.25) is 5.88 Å². The Labute approximate surface area is 102 Å². The molecular weight excluding hydrogens is 264 g/mol. The summed E-state index contributed by atoms with van der Waals surface area (Å²) in [4.78, 5) is 21.2. The molecule has 1 aromatic rings. The Bertz CT molecular complexity index is 724. The average molecular weight is 274 g/mol. The third-order valence-electron chi connectivity index (χ3n) is 2.43. The second kappa shape index (κ2) is 4.30. The Balaban J connectivity index is 3.96. The van der Waals surface area contributed by atoms with Crippen LogP contribution in [-0.2, 0) is 22.0 Å². The lowest BCUT2D eigenvalue weighted by atomic mass is 10.1. The third-order valence-corrected chi connectivity index (χ3v) is 3.24. The molecule has 18 heavy (non-hydrogen) atoms. The first kappa shape index (κ1) is 14.0. The summed E-state index contributed by atoms with van der Waals surface area (Å²) >= 11 is 0. The van der Waals surface area contributed by atoms with E-state index in [1.165, 1.54) is 6.92 Å². The molecule has 0 saturated heterocycles. The predicted molar refractivity (Wildman–Crippen MR) is 63.1 cm³/mol. The van der Waals surface area contributed by atoms with E-state index in [0.717, 1.165) is 13.0 Å². The summed E-state index contributed by atoms with van der Waals surface area (Å²) in [5.41, 5.74) is 3.44. The Hall–Kier alpha value is -2.09. The summed E-state index contributed by atoms with van der Waals surface area (Å²) in [6, 6.07) is 0. The normalized spacial score (nSPS) is 11.1. The van der Waals surface area contributed by atoms with Crippen molar-refractivity contribution in [3.8, 4) is 5.88 Å². The summed E-state index contributed by atoms with van der Waals surface area (Å²) in [6.45, 7) is 1.23. The van der Waals surface area contributed by atoms with Gasteiger partial charge in [-0.3, -0.25) is 13.9 Å². The summed E-state index contributed by atoms with van der Waals surface area (Å²) in [5.74, 6) is 0.424. The first-order chi connectivity index (χ1) is 8.12. The molecule has 9 heteroatoms. The van der Waals surface area contributed by atoms with Gasteiger partial charge in [-0.15, -0.1) is 0 Å². The van der Waals surface area contributed by atoms with Crippen molar-refractivity contribution in [1.82, 2.24) is 4.57 Å². The van der Waals surface area contributed by atoms with Gasteiger partial charge >= 0.3 is 10.1 Å². The van der Waals surface area contributed by atoms with Crippen molar-refractivity contribution in [2.45, 2.75) is 6.92 Å². The number of nitrogen functional groups attached to an aromatic ring is 1. The molecule has 0 aliphatic carbocycles. The predicted octanol–water partition coefficient (Wildman–Crippen LogP) is -0.958. The van der Waals surface area contributed by atoms with Crippen molar-refractivity contribution in [3.63, 3.8) is 0 Å². The van der Waals surface area contributed by atoms with Crippen molar-refractivity contribution in [2.24, 2.45) is 7.05 Å². The van der Waals surface area contributed by atoms with Gasteiger partial charge in [0.25, 0.3) is 5.56 Å². The van der Waals surface area contributed by atoms with Crippen LogP contribution in [-0.4, -0.2) is 28.6 Å². The molecule has 0 aliphatic heterocycles. The fourth-order valence-corrected chi connectivity index (χ4v) is 2.01. The van der Waals surface area contributed by atoms with Crippen LogP contribution in [0.2, 0.25) is 0 Å². The van der Waals surface area contributed by atoms with Crippen molar-refractivity contribution < 1.29 is 22.9 Å². The molecule has 1 heterocycles. The van der Waals surface area contributed by atoms with Crippen molar-refractivity contribution in [3.05, 3.63) is 21.5 Å². The van der Waals surface area contributed by atoms with Crippen LogP contribution in [0.25, 0.3) is 4.91 Å². The molecule has 98 valence electrons. The lowest BCUT2D eigenvalue weighted by Crippen LogP contribution is -2.25. The van der Waals surface area contributed by atoms with Gasteiger partial charge in [-0.05, 0) is 12.5 Å². The molecule has 0 saturated carbocycles. The fourth-order valence-electron chi connectivity index (χ4n) is 1.41. The SMILES string of the molecule is Cc1c(N)c(O)n(C)c(=O)c1C(=C=O)S(=O)(=O)O.